The molecule has 2 aromatic rings. The minimum absolute atomic E-state index is 0.0140. The number of rotatable bonds is 5. The van der Waals surface area contributed by atoms with Crippen molar-refractivity contribution < 1.29 is 9.32 Å². The second-order valence-corrected chi connectivity index (χ2v) is 5.45. The Kier molecular flexibility index (Phi) is 4.45. The Morgan fingerprint density at radius 1 is 1.48 bits per heavy atom. The molecule has 0 saturated carbocycles. The zero-order valence-electron chi connectivity index (χ0n) is 13.3. The lowest BCUT2D eigenvalue weighted by Gasteiger charge is -2.18. The van der Waals surface area contributed by atoms with Crippen molar-refractivity contribution in [3.05, 3.63) is 35.2 Å². The molecule has 0 radical (unpaired) electrons. The fraction of sp³-hybridized carbons (Fsp3) is 0.533. The lowest BCUT2D eigenvalue weighted by atomic mass is 10.2. The second kappa shape index (κ2) is 6.11. The van der Waals surface area contributed by atoms with Gasteiger partial charge in [-0.3, -0.25) is 4.79 Å². The zero-order chi connectivity index (χ0) is 15.6. The first-order valence-corrected chi connectivity index (χ1v) is 7.17. The van der Waals surface area contributed by atoms with Gasteiger partial charge in [0.1, 0.15) is 6.54 Å². The van der Waals surface area contributed by atoms with Crippen molar-refractivity contribution in [2.75, 3.05) is 6.54 Å². The molecule has 2 rings (SSSR count). The largest absolute Gasteiger partial charge is 0.354 e. The van der Waals surface area contributed by atoms with E-state index in [-0.39, 0.29) is 11.8 Å². The quantitative estimate of drug-likeness (QED) is 0.848. The number of amides is 1. The number of hydrogen-bond donors (Lipinski definition) is 0. The van der Waals surface area contributed by atoms with Crippen LogP contribution < -0.4 is 0 Å². The van der Waals surface area contributed by atoms with E-state index in [1.165, 1.54) is 0 Å². The van der Waals surface area contributed by atoms with Crippen molar-refractivity contribution in [2.24, 2.45) is 7.05 Å². The molecule has 0 aliphatic rings. The Morgan fingerprint density at radius 3 is 2.67 bits per heavy atom. The molecule has 114 valence electrons. The average Bonchev–Trinajstić information content (AvgIpc) is 3.04. The summed E-state index contributed by atoms with van der Waals surface area (Å²) in [6, 6.07) is 1.84. The van der Waals surface area contributed by atoms with E-state index in [1.54, 1.807) is 4.90 Å². The second-order valence-electron chi connectivity index (χ2n) is 5.45. The summed E-state index contributed by atoms with van der Waals surface area (Å²) in [7, 11) is 1.93. The summed E-state index contributed by atoms with van der Waals surface area (Å²) in [6.45, 7) is 8.81. The maximum absolute atomic E-state index is 12.6. The molecule has 2 aromatic heterocycles. The SMILES string of the molecule is CCN(Cc1nc(C(C)C)no1)C(=O)c1ccn(C)c1C. The van der Waals surface area contributed by atoms with Gasteiger partial charge in [0.2, 0.25) is 5.89 Å². The van der Waals surface area contributed by atoms with E-state index in [4.69, 9.17) is 4.52 Å². The summed E-state index contributed by atoms with van der Waals surface area (Å²) in [6.07, 6.45) is 1.89. The van der Waals surface area contributed by atoms with Gasteiger partial charge < -0.3 is 14.0 Å². The molecule has 21 heavy (non-hydrogen) atoms. The van der Waals surface area contributed by atoms with E-state index in [2.05, 4.69) is 10.1 Å². The lowest BCUT2D eigenvalue weighted by Crippen LogP contribution is -2.30. The molecule has 1 amide bonds. The Hall–Kier alpha value is -2.11. The standard InChI is InChI=1S/C15H22N4O2/c1-6-19(9-13-16-14(10(2)3)17-21-13)15(20)12-7-8-18(5)11(12)4/h7-8,10H,6,9H2,1-5H3. The fourth-order valence-corrected chi connectivity index (χ4v) is 2.06. The molecule has 2 heterocycles. The summed E-state index contributed by atoms with van der Waals surface area (Å²) in [5.74, 6) is 1.34. The minimum Gasteiger partial charge on any atom is -0.354 e. The van der Waals surface area contributed by atoms with Crippen molar-refractivity contribution in [3.63, 3.8) is 0 Å². The molecule has 0 saturated heterocycles. The van der Waals surface area contributed by atoms with Crippen LogP contribution in [0.5, 0.6) is 0 Å². The van der Waals surface area contributed by atoms with Gasteiger partial charge >= 0.3 is 0 Å². The Bertz CT molecular complexity index is 627. The van der Waals surface area contributed by atoms with Crippen LogP contribution in [0, 0.1) is 6.92 Å². The molecular formula is C15H22N4O2. The van der Waals surface area contributed by atoms with Crippen LogP contribution in [-0.4, -0.2) is 32.1 Å². The predicted molar refractivity (Wildman–Crippen MR) is 79.0 cm³/mol. The first kappa shape index (κ1) is 15.3. The van der Waals surface area contributed by atoms with Gasteiger partial charge in [-0.15, -0.1) is 0 Å². The van der Waals surface area contributed by atoms with Gasteiger partial charge in [0.25, 0.3) is 5.91 Å². The van der Waals surface area contributed by atoms with E-state index in [0.717, 1.165) is 5.69 Å². The maximum Gasteiger partial charge on any atom is 0.256 e. The van der Waals surface area contributed by atoms with Gasteiger partial charge in [-0.05, 0) is 19.9 Å². The van der Waals surface area contributed by atoms with E-state index in [0.29, 0.717) is 30.4 Å². The van der Waals surface area contributed by atoms with Crippen molar-refractivity contribution in [1.82, 2.24) is 19.6 Å². The molecule has 6 heteroatoms. The van der Waals surface area contributed by atoms with Gasteiger partial charge in [0.15, 0.2) is 5.82 Å². The topological polar surface area (TPSA) is 64.2 Å². The van der Waals surface area contributed by atoms with Crippen molar-refractivity contribution in [3.8, 4) is 0 Å². The summed E-state index contributed by atoms with van der Waals surface area (Å²) >= 11 is 0. The number of carbonyl (C=O) groups is 1. The molecule has 0 N–H and O–H groups in total. The third-order valence-corrected chi connectivity index (χ3v) is 3.61. The first-order chi connectivity index (χ1) is 9.93. The van der Waals surface area contributed by atoms with Crippen LogP contribution in [0.2, 0.25) is 0 Å². The molecule has 0 spiro atoms. The highest BCUT2D eigenvalue weighted by molar-refractivity contribution is 5.95. The highest BCUT2D eigenvalue weighted by Gasteiger charge is 2.20. The van der Waals surface area contributed by atoms with Crippen LogP contribution in [0.4, 0.5) is 0 Å². The maximum atomic E-state index is 12.6. The number of hydrogen-bond acceptors (Lipinski definition) is 4. The molecule has 0 atom stereocenters. The van der Waals surface area contributed by atoms with Crippen LogP contribution in [0.3, 0.4) is 0 Å². The monoisotopic (exact) mass is 290 g/mol. The van der Waals surface area contributed by atoms with Crippen LogP contribution >= 0.6 is 0 Å². The number of aryl methyl sites for hydroxylation is 1. The molecule has 6 nitrogen and oxygen atoms in total. The third-order valence-electron chi connectivity index (χ3n) is 3.61. The van der Waals surface area contributed by atoms with Crippen LogP contribution in [0.15, 0.2) is 16.8 Å². The zero-order valence-corrected chi connectivity index (χ0v) is 13.3. The molecule has 0 fully saturated rings. The van der Waals surface area contributed by atoms with E-state index in [1.807, 2.05) is 51.6 Å². The van der Waals surface area contributed by atoms with Crippen molar-refractivity contribution >= 4 is 5.91 Å². The van der Waals surface area contributed by atoms with E-state index in [9.17, 15) is 4.79 Å². The van der Waals surface area contributed by atoms with Gasteiger partial charge in [-0.25, -0.2) is 0 Å². The fourth-order valence-electron chi connectivity index (χ4n) is 2.06. The van der Waals surface area contributed by atoms with E-state index >= 15 is 0 Å². The Morgan fingerprint density at radius 2 is 2.19 bits per heavy atom. The summed E-state index contributed by atoms with van der Waals surface area (Å²) in [4.78, 5) is 18.6. The number of nitrogens with zero attached hydrogens (tertiary/aromatic N) is 4. The molecule has 0 bridgehead atoms. The summed E-state index contributed by atoms with van der Waals surface area (Å²) in [5.41, 5.74) is 1.66. The van der Waals surface area contributed by atoms with Crippen LogP contribution in [0.1, 0.15) is 54.5 Å². The smallest absolute Gasteiger partial charge is 0.256 e. The Balaban J connectivity index is 2.15. The summed E-state index contributed by atoms with van der Waals surface area (Å²) < 4.78 is 7.15. The van der Waals surface area contributed by atoms with E-state index < -0.39 is 0 Å². The summed E-state index contributed by atoms with van der Waals surface area (Å²) in [5, 5.41) is 3.93. The van der Waals surface area contributed by atoms with Gasteiger partial charge in [-0.2, -0.15) is 4.98 Å². The number of carbonyl (C=O) groups excluding carboxylic acids is 1. The van der Waals surface area contributed by atoms with Gasteiger partial charge in [-0.1, -0.05) is 19.0 Å². The molecular weight excluding hydrogens is 268 g/mol. The lowest BCUT2D eigenvalue weighted by molar-refractivity contribution is 0.0733. The predicted octanol–water partition coefficient (Wildman–Crippen LogP) is 2.50. The first-order valence-electron chi connectivity index (χ1n) is 7.17. The Labute approximate surface area is 124 Å². The van der Waals surface area contributed by atoms with Gasteiger partial charge in [0, 0.05) is 31.4 Å². The average molecular weight is 290 g/mol. The highest BCUT2D eigenvalue weighted by atomic mass is 16.5. The molecule has 0 aromatic carbocycles. The van der Waals surface area contributed by atoms with Gasteiger partial charge in [0.05, 0.1) is 5.56 Å². The molecule has 0 aliphatic carbocycles. The minimum atomic E-state index is -0.0140. The normalized spacial score (nSPS) is 11.1. The molecule has 0 unspecified atom stereocenters. The highest BCUT2D eigenvalue weighted by Crippen LogP contribution is 2.15. The molecule has 0 aliphatic heterocycles. The number of aromatic nitrogens is 3. The van der Waals surface area contributed by atoms with Crippen molar-refractivity contribution in [2.45, 2.75) is 40.2 Å². The third kappa shape index (κ3) is 3.15. The van der Waals surface area contributed by atoms with Crippen LogP contribution in [0.25, 0.3) is 0 Å². The van der Waals surface area contributed by atoms with Crippen LogP contribution in [-0.2, 0) is 13.6 Å². The van der Waals surface area contributed by atoms with Crippen molar-refractivity contribution in [1.29, 1.82) is 0 Å².